The molecule has 0 fully saturated rings. The highest BCUT2D eigenvalue weighted by Crippen LogP contribution is 2.35. The molecule has 0 spiro atoms. The van der Waals surface area contributed by atoms with E-state index in [-0.39, 0.29) is 53.6 Å². The van der Waals surface area contributed by atoms with Crippen LogP contribution in [0.3, 0.4) is 0 Å². The predicted molar refractivity (Wildman–Crippen MR) is 294 cm³/mol. The minimum atomic E-state index is -3.45. The number of sulfone groups is 1. The lowest BCUT2D eigenvalue weighted by molar-refractivity contribution is -0.133. The summed E-state index contributed by atoms with van der Waals surface area (Å²) in [4.78, 5) is 46.2. The minimum Gasteiger partial charge on any atom is -0.335 e. The first-order valence-corrected chi connectivity index (χ1v) is 29.7. The van der Waals surface area contributed by atoms with E-state index >= 15 is 0 Å². The van der Waals surface area contributed by atoms with Crippen molar-refractivity contribution in [2.75, 3.05) is 38.4 Å². The van der Waals surface area contributed by atoms with Gasteiger partial charge in [-0.1, -0.05) is 126 Å². The van der Waals surface area contributed by atoms with E-state index in [1.54, 1.807) is 53.2 Å². The molecule has 0 bridgehead atoms. The summed E-state index contributed by atoms with van der Waals surface area (Å²) < 4.78 is 35.9. The summed E-state index contributed by atoms with van der Waals surface area (Å²) in [5, 5.41) is 1.48. The van der Waals surface area contributed by atoms with Gasteiger partial charge in [-0.2, -0.15) is 0 Å². The maximum Gasteiger partial charge on any atom is 0.227 e. The standard InChI is InChI=1S/C19H20ClNO3S.C19H20ClNO2S.C19H20ClNOS/c1-13-15-7-4-3-6-14(15)10-11-21(13)19(22)12-16-17(20)8-5-9-18(16)25(2,23)24;1-13-15-7-4-3-6-14(15)10-11-21(13)19(22)12-16-17(20)8-5-9-18(16)24(2)23;1-13-15-7-4-3-6-14(15)10-11-21(13)19(22)12-16-17(20)8-5-9-18(16)23-2/h3-9,13H,10-12H2,1-2H3;3-9,13H,10-12H2,1-2H3;3-9,13H,10-12H2,1-2H3/t13-;13-,24?;13-/m000/s1. The number of amides is 3. The van der Waals surface area contributed by atoms with Gasteiger partial charge in [0.1, 0.15) is 0 Å². The molecule has 0 N–H and O–H groups in total. The molecule has 6 aromatic carbocycles. The van der Waals surface area contributed by atoms with Gasteiger partial charge in [0.15, 0.2) is 9.84 Å². The van der Waals surface area contributed by atoms with E-state index < -0.39 is 20.6 Å². The number of halogens is 3. The molecular weight excluding hydrogens is 1030 g/mol. The summed E-state index contributed by atoms with van der Waals surface area (Å²) in [7, 11) is -4.62. The van der Waals surface area contributed by atoms with Crippen molar-refractivity contribution in [3.8, 4) is 0 Å². The Bertz CT molecular complexity index is 3110. The zero-order valence-electron chi connectivity index (χ0n) is 41.4. The number of carbonyl (C=O) groups is 3. The highest BCUT2D eigenvalue weighted by Gasteiger charge is 2.31. The molecule has 0 aromatic heterocycles. The Morgan fingerprint density at radius 1 is 0.542 bits per heavy atom. The third-order valence-electron chi connectivity index (χ3n) is 13.9. The molecule has 0 radical (unpaired) electrons. The van der Waals surface area contributed by atoms with Gasteiger partial charge in [-0.25, -0.2) is 8.42 Å². The van der Waals surface area contributed by atoms with Crippen LogP contribution in [-0.2, 0) is 73.5 Å². The first-order valence-electron chi connectivity index (χ1n) is 23.9. The van der Waals surface area contributed by atoms with Crippen LogP contribution in [0.4, 0.5) is 0 Å². The normalized spacial score (nSPS) is 17.5. The van der Waals surface area contributed by atoms with Gasteiger partial charge >= 0.3 is 0 Å². The molecule has 0 saturated heterocycles. The zero-order chi connectivity index (χ0) is 51.9. The molecule has 72 heavy (non-hydrogen) atoms. The lowest BCUT2D eigenvalue weighted by atomic mass is 9.93. The molecule has 9 nitrogen and oxygen atoms in total. The van der Waals surface area contributed by atoms with Crippen molar-refractivity contribution in [2.24, 2.45) is 0 Å². The van der Waals surface area contributed by atoms with Crippen LogP contribution in [0.25, 0.3) is 0 Å². The Labute approximate surface area is 446 Å². The predicted octanol–water partition coefficient (Wildman–Crippen LogP) is 11.9. The third-order valence-corrected chi connectivity index (χ3v) is 18.0. The highest BCUT2D eigenvalue weighted by molar-refractivity contribution is 7.98. The Hall–Kier alpha value is -4.95. The molecule has 3 aliphatic heterocycles. The molecule has 0 saturated carbocycles. The lowest BCUT2D eigenvalue weighted by Gasteiger charge is -2.35. The monoisotopic (exact) mass is 1080 g/mol. The SMILES string of the molecule is CSc1cccc(Cl)c1CC(=O)N1CCc2ccccc2[C@@H]1C.C[C@H]1c2ccccc2CCN1C(=O)Cc1c(Cl)cccc1S(C)(=O)=O.C[C@H]1c2ccccc2CCN1C(=O)Cc1c(Cl)cccc1S(C)=O. The second-order valence-corrected chi connectivity index (χ2v) is 23.6. The summed E-state index contributed by atoms with van der Waals surface area (Å²) >= 11 is 20.4. The summed E-state index contributed by atoms with van der Waals surface area (Å²) in [5.41, 5.74) is 9.52. The molecule has 15 heteroatoms. The third kappa shape index (κ3) is 12.7. The van der Waals surface area contributed by atoms with E-state index in [2.05, 4.69) is 50.2 Å². The maximum atomic E-state index is 12.9. The van der Waals surface area contributed by atoms with Crippen LogP contribution in [-0.4, -0.2) is 83.4 Å². The molecule has 9 rings (SSSR count). The largest absolute Gasteiger partial charge is 0.335 e. The molecule has 3 heterocycles. The van der Waals surface area contributed by atoms with Gasteiger partial charge in [0.05, 0.1) is 53.1 Å². The molecule has 378 valence electrons. The Kier molecular flexibility index (Phi) is 18.6. The Morgan fingerprint density at radius 3 is 1.32 bits per heavy atom. The first-order chi connectivity index (χ1) is 34.4. The zero-order valence-corrected chi connectivity index (χ0v) is 46.1. The van der Waals surface area contributed by atoms with Gasteiger partial charge < -0.3 is 14.7 Å². The molecule has 6 aromatic rings. The number of benzene rings is 6. The van der Waals surface area contributed by atoms with Crippen molar-refractivity contribution >= 4 is 84.9 Å². The fourth-order valence-electron chi connectivity index (χ4n) is 10.0. The van der Waals surface area contributed by atoms with Crippen LogP contribution in [0, 0.1) is 0 Å². The van der Waals surface area contributed by atoms with Crippen molar-refractivity contribution < 1.29 is 27.0 Å². The summed E-state index contributed by atoms with van der Waals surface area (Å²) in [5.74, 6) is 0.0622. The van der Waals surface area contributed by atoms with Crippen LogP contribution >= 0.6 is 46.6 Å². The van der Waals surface area contributed by atoms with E-state index in [9.17, 15) is 27.0 Å². The average molecular weight is 1090 g/mol. The highest BCUT2D eigenvalue weighted by atomic mass is 35.5. The topological polar surface area (TPSA) is 112 Å². The molecule has 4 atom stereocenters. The summed E-state index contributed by atoms with van der Waals surface area (Å²) in [6.45, 7) is 8.26. The number of hydrogen-bond acceptors (Lipinski definition) is 7. The molecule has 3 aliphatic rings. The van der Waals surface area contributed by atoms with Crippen molar-refractivity contribution in [3.63, 3.8) is 0 Å². The van der Waals surface area contributed by atoms with E-state index in [1.807, 2.05) is 77.6 Å². The molecule has 1 unspecified atom stereocenters. The van der Waals surface area contributed by atoms with Crippen LogP contribution < -0.4 is 0 Å². The Morgan fingerprint density at radius 2 is 0.903 bits per heavy atom. The molecule has 0 aliphatic carbocycles. The van der Waals surface area contributed by atoms with E-state index in [1.165, 1.54) is 33.9 Å². The number of rotatable bonds is 9. The smallest absolute Gasteiger partial charge is 0.227 e. The van der Waals surface area contributed by atoms with Gasteiger partial charge in [-0.3, -0.25) is 18.6 Å². The van der Waals surface area contributed by atoms with Gasteiger partial charge in [0.25, 0.3) is 0 Å². The van der Waals surface area contributed by atoms with Crippen LogP contribution in [0.1, 0.15) is 89.0 Å². The van der Waals surface area contributed by atoms with Crippen LogP contribution in [0.15, 0.2) is 142 Å². The van der Waals surface area contributed by atoms with E-state index in [4.69, 9.17) is 34.8 Å². The second kappa shape index (κ2) is 24.4. The number of thioether (sulfide) groups is 1. The minimum absolute atomic E-state index is 0.0193. The number of nitrogens with zero attached hydrogens (tertiary/aromatic N) is 3. The number of carbonyl (C=O) groups excluding carboxylic acids is 3. The summed E-state index contributed by atoms with van der Waals surface area (Å²) in [6, 6.07) is 40.7. The summed E-state index contributed by atoms with van der Waals surface area (Å²) in [6.07, 6.45) is 7.86. The fraction of sp³-hybridized carbons (Fsp3) is 0.316. The number of hydrogen-bond donors (Lipinski definition) is 0. The lowest BCUT2D eigenvalue weighted by Crippen LogP contribution is -2.39. The van der Waals surface area contributed by atoms with Crippen molar-refractivity contribution in [1.82, 2.24) is 14.7 Å². The van der Waals surface area contributed by atoms with Gasteiger partial charge in [-0.05, 0) is 133 Å². The first kappa shape index (κ1) is 54.8. The average Bonchev–Trinajstić information content (AvgIpc) is 3.36. The van der Waals surface area contributed by atoms with Gasteiger partial charge in [-0.15, -0.1) is 11.8 Å². The van der Waals surface area contributed by atoms with E-state index in [0.717, 1.165) is 48.1 Å². The van der Waals surface area contributed by atoms with Gasteiger partial charge in [0.2, 0.25) is 17.7 Å². The van der Waals surface area contributed by atoms with E-state index in [0.29, 0.717) is 50.6 Å². The molecule has 3 amide bonds. The number of fused-ring (bicyclic) bond motifs is 3. The second-order valence-electron chi connectivity index (χ2n) is 18.2. The van der Waals surface area contributed by atoms with Crippen molar-refractivity contribution in [1.29, 1.82) is 0 Å². The quantitative estimate of drug-likeness (QED) is 0.133. The molecular formula is C57H60Cl3N3O6S3. The maximum absolute atomic E-state index is 12.9. The van der Waals surface area contributed by atoms with Crippen LogP contribution in [0.5, 0.6) is 0 Å². The Balaban J connectivity index is 0.000000159. The van der Waals surface area contributed by atoms with Crippen LogP contribution in [0.2, 0.25) is 15.1 Å². The fourth-order valence-corrected chi connectivity index (χ4v) is 13.3. The van der Waals surface area contributed by atoms with Crippen molar-refractivity contribution in [2.45, 2.75) is 92.1 Å². The van der Waals surface area contributed by atoms with Gasteiger partial charge in [0, 0.05) is 57.0 Å². The van der Waals surface area contributed by atoms with Crippen molar-refractivity contribution in [3.05, 3.63) is 193 Å².